The number of hydrogen-bond donors (Lipinski definition) is 2. The first kappa shape index (κ1) is 8.37. The molecule has 2 nitrogen and oxygen atoms in total. The summed E-state index contributed by atoms with van der Waals surface area (Å²) in [7, 11) is 0. The second kappa shape index (κ2) is 4.21. The molecular weight excluding hydrogens is 148 g/mol. The summed E-state index contributed by atoms with van der Waals surface area (Å²) in [5.74, 6) is 0.845. The van der Waals surface area contributed by atoms with E-state index < -0.39 is 0 Å². The number of rotatable bonds is 2. The van der Waals surface area contributed by atoms with Gasteiger partial charge >= 0.3 is 0 Å². The maximum Gasteiger partial charge on any atom is 0.0607 e. The second-order valence-corrected chi connectivity index (χ2v) is 3.13. The summed E-state index contributed by atoms with van der Waals surface area (Å²) < 4.78 is 5.38. The molecule has 0 aliphatic carbocycles. The van der Waals surface area contributed by atoms with Gasteiger partial charge < -0.3 is 9.84 Å². The van der Waals surface area contributed by atoms with Crippen molar-refractivity contribution in [1.29, 1.82) is 0 Å². The third kappa shape index (κ3) is 2.48. The van der Waals surface area contributed by atoms with Gasteiger partial charge in [-0.05, 0) is 25.0 Å². The predicted molar refractivity (Wildman–Crippen MR) is 43.5 cm³/mol. The Labute approximate surface area is 67.0 Å². The van der Waals surface area contributed by atoms with Gasteiger partial charge in [-0.3, -0.25) is 0 Å². The number of aliphatic hydroxyl groups excluding tert-OH is 1. The van der Waals surface area contributed by atoms with Crippen molar-refractivity contribution in [1.82, 2.24) is 0 Å². The number of hydrogen-bond acceptors (Lipinski definition) is 3. The molecule has 1 rings (SSSR count). The second-order valence-electron chi connectivity index (χ2n) is 2.68. The largest absolute Gasteiger partial charge is 0.393 e. The van der Waals surface area contributed by atoms with Crippen LogP contribution >= 0.6 is 12.6 Å². The van der Waals surface area contributed by atoms with E-state index in [0.717, 1.165) is 25.0 Å². The molecule has 1 aliphatic rings. The van der Waals surface area contributed by atoms with Crippen LogP contribution in [0.1, 0.15) is 19.3 Å². The van der Waals surface area contributed by atoms with E-state index in [-0.39, 0.29) is 12.2 Å². The molecule has 1 N–H and O–H groups in total. The molecule has 1 saturated heterocycles. The van der Waals surface area contributed by atoms with Crippen molar-refractivity contribution in [3.05, 3.63) is 0 Å². The van der Waals surface area contributed by atoms with Gasteiger partial charge in [0.1, 0.15) is 0 Å². The first-order chi connectivity index (χ1) is 4.83. The van der Waals surface area contributed by atoms with E-state index in [9.17, 15) is 5.11 Å². The van der Waals surface area contributed by atoms with Crippen LogP contribution in [0.2, 0.25) is 0 Å². The number of aliphatic hydroxyl groups is 1. The van der Waals surface area contributed by atoms with Crippen LogP contribution in [-0.4, -0.2) is 29.7 Å². The highest BCUT2D eigenvalue weighted by Gasteiger charge is 2.19. The Kier molecular flexibility index (Phi) is 3.52. The fourth-order valence-electron chi connectivity index (χ4n) is 1.21. The van der Waals surface area contributed by atoms with Gasteiger partial charge in [0, 0.05) is 6.61 Å². The predicted octanol–water partition coefficient (Wildman–Crippen LogP) is 0.846. The van der Waals surface area contributed by atoms with E-state index >= 15 is 0 Å². The van der Waals surface area contributed by atoms with E-state index in [1.807, 2.05) is 0 Å². The Morgan fingerprint density at radius 3 is 3.00 bits per heavy atom. The molecule has 0 saturated carbocycles. The Hall–Kier alpha value is 0.270. The van der Waals surface area contributed by atoms with Gasteiger partial charge in [0.15, 0.2) is 0 Å². The zero-order valence-electron chi connectivity index (χ0n) is 5.99. The minimum Gasteiger partial charge on any atom is -0.393 e. The highest BCUT2D eigenvalue weighted by molar-refractivity contribution is 7.80. The zero-order chi connectivity index (χ0) is 7.40. The Bertz CT molecular complexity index is 95.6. The molecule has 1 aliphatic heterocycles. The van der Waals surface area contributed by atoms with Crippen LogP contribution < -0.4 is 0 Å². The lowest BCUT2D eigenvalue weighted by molar-refractivity contribution is -0.0435. The van der Waals surface area contributed by atoms with Gasteiger partial charge in [-0.1, -0.05) is 0 Å². The van der Waals surface area contributed by atoms with E-state index in [1.165, 1.54) is 0 Å². The Morgan fingerprint density at radius 1 is 1.60 bits per heavy atom. The van der Waals surface area contributed by atoms with Gasteiger partial charge in [0.25, 0.3) is 0 Å². The maximum atomic E-state index is 9.20. The molecule has 0 aromatic carbocycles. The van der Waals surface area contributed by atoms with Crippen molar-refractivity contribution in [2.75, 3.05) is 12.4 Å². The Balaban J connectivity index is 2.18. The summed E-state index contributed by atoms with van der Waals surface area (Å²) in [6.45, 7) is 0.708. The monoisotopic (exact) mass is 162 g/mol. The lowest BCUT2D eigenvalue weighted by Crippen LogP contribution is -2.28. The molecule has 2 atom stereocenters. The van der Waals surface area contributed by atoms with E-state index in [4.69, 9.17) is 4.74 Å². The van der Waals surface area contributed by atoms with Crippen molar-refractivity contribution >= 4 is 12.6 Å². The minimum absolute atomic E-state index is 0.140. The third-order valence-corrected chi connectivity index (χ3v) is 2.05. The molecule has 0 amide bonds. The van der Waals surface area contributed by atoms with Gasteiger partial charge in [0.2, 0.25) is 0 Å². The van der Waals surface area contributed by atoms with Crippen molar-refractivity contribution in [2.24, 2.45) is 0 Å². The first-order valence-electron chi connectivity index (χ1n) is 3.73. The normalized spacial score (nSPS) is 34.2. The lowest BCUT2D eigenvalue weighted by Gasteiger charge is -2.25. The first-order valence-corrected chi connectivity index (χ1v) is 4.36. The molecule has 1 heterocycles. The molecule has 2 unspecified atom stereocenters. The van der Waals surface area contributed by atoms with Gasteiger partial charge in [-0.15, -0.1) is 0 Å². The fourth-order valence-corrected chi connectivity index (χ4v) is 1.49. The summed E-state index contributed by atoms with van der Waals surface area (Å²) in [6.07, 6.45) is 2.66. The molecule has 1 fully saturated rings. The molecule has 10 heavy (non-hydrogen) atoms. The standard InChI is InChI=1S/C7H14O2S/c8-6-1-3-9-7(5-6)2-4-10/h6-8,10H,1-5H2. The summed E-state index contributed by atoms with van der Waals surface area (Å²) in [5.41, 5.74) is 0. The van der Waals surface area contributed by atoms with Gasteiger partial charge in [-0.25, -0.2) is 0 Å². The van der Waals surface area contributed by atoms with E-state index in [2.05, 4.69) is 12.6 Å². The smallest absolute Gasteiger partial charge is 0.0607 e. The number of thiol groups is 1. The van der Waals surface area contributed by atoms with Crippen LogP contribution in [0.4, 0.5) is 0 Å². The summed E-state index contributed by atoms with van der Waals surface area (Å²) in [4.78, 5) is 0. The van der Waals surface area contributed by atoms with Crippen LogP contribution in [0, 0.1) is 0 Å². The van der Waals surface area contributed by atoms with Crippen molar-refractivity contribution in [3.63, 3.8) is 0 Å². The summed E-state index contributed by atoms with van der Waals surface area (Å²) in [5, 5.41) is 9.20. The summed E-state index contributed by atoms with van der Waals surface area (Å²) in [6, 6.07) is 0. The fraction of sp³-hybridized carbons (Fsp3) is 1.00. The molecule has 0 aromatic heterocycles. The average molecular weight is 162 g/mol. The molecule has 0 radical (unpaired) electrons. The van der Waals surface area contributed by atoms with Crippen LogP contribution in [0.15, 0.2) is 0 Å². The van der Waals surface area contributed by atoms with Crippen LogP contribution in [-0.2, 0) is 4.74 Å². The summed E-state index contributed by atoms with van der Waals surface area (Å²) >= 11 is 4.10. The molecule has 60 valence electrons. The minimum atomic E-state index is -0.140. The lowest BCUT2D eigenvalue weighted by atomic mass is 10.0. The number of ether oxygens (including phenoxy) is 1. The molecule has 0 bridgehead atoms. The SMILES string of the molecule is OC1CCOC(CCS)C1. The van der Waals surface area contributed by atoms with Crippen molar-refractivity contribution in [3.8, 4) is 0 Å². The van der Waals surface area contributed by atoms with E-state index in [0.29, 0.717) is 6.61 Å². The quantitative estimate of drug-likeness (QED) is 0.589. The van der Waals surface area contributed by atoms with Crippen LogP contribution in [0.25, 0.3) is 0 Å². The third-order valence-electron chi connectivity index (χ3n) is 1.79. The Morgan fingerprint density at radius 2 is 2.40 bits per heavy atom. The molecule has 0 aromatic rings. The molecule has 0 spiro atoms. The molecule has 3 heteroatoms. The highest BCUT2D eigenvalue weighted by Crippen LogP contribution is 2.16. The maximum absolute atomic E-state index is 9.20. The molecular formula is C7H14O2S. The van der Waals surface area contributed by atoms with Gasteiger partial charge in [-0.2, -0.15) is 12.6 Å². The van der Waals surface area contributed by atoms with Gasteiger partial charge in [0.05, 0.1) is 12.2 Å². The van der Waals surface area contributed by atoms with Crippen LogP contribution in [0.5, 0.6) is 0 Å². The average Bonchev–Trinajstić information content (AvgIpc) is 1.88. The zero-order valence-corrected chi connectivity index (χ0v) is 6.89. The highest BCUT2D eigenvalue weighted by atomic mass is 32.1. The topological polar surface area (TPSA) is 29.5 Å². The van der Waals surface area contributed by atoms with Crippen molar-refractivity contribution < 1.29 is 9.84 Å². The van der Waals surface area contributed by atoms with Crippen molar-refractivity contribution in [2.45, 2.75) is 31.5 Å². The van der Waals surface area contributed by atoms with E-state index in [1.54, 1.807) is 0 Å². The van der Waals surface area contributed by atoms with Crippen LogP contribution in [0.3, 0.4) is 0 Å².